The summed E-state index contributed by atoms with van der Waals surface area (Å²) >= 11 is 0. The molecule has 0 aliphatic heterocycles. The summed E-state index contributed by atoms with van der Waals surface area (Å²) < 4.78 is 1.75. The van der Waals surface area contributed by atoms with E-state index >= 15 is 0 Å². The molecule has 9 heteroatoms. The van der Waals surface area contributed by atoms with Gasteiger partial charge in [0.15, 0.2) is 0 Å². The number of hydrogen-bond donors (Lipinski definition) is 2. The van der Waals surface area contributed by atoms with Gasteiger partial charge in [0.05, 0.1) is 12.7 Å². The normalized spacial score (nSPS) is 10.4. The molecule has 0 bridgehead atoms. The summed E-state index contributed by atoms with van der Waals surface area (Å²) in [6.45, 7) is 4.28. The topological polar surface area (TPSA) is 96.7 Å². The predicted molar refractivity (Wildman–Crippen MR) is 81.4 cm³/mol. The van der Waals surface area contributed by atoms with Crippen molar-refractivity contribution in [2.75, 3.05) is 42.7 Å². The number of hydrogen-bond acceptors (Lipinski definition) is 8. The molecule has 0 atom stereocenters. The average Bonchev–Trinajstić information content (AvgIpc) is 2.98. The lowest BCUT2D eigenvalue weighted by molar-refractivity contribution is 0.607. The first-order valence-corrected chi connectivity index (χ1v) is 6.94. The third-order valence-corrected chi connectivity index (χ3v) is 2.65. The Hall–Kier alpha value is -2.45. The maximum atomic E-state index is 4.37. The largest absolute Gasteiger partial charge is 0.354 e. The molecule has 0 unspecified atom stereocenters. The van der Waals surface area contributed by atoms with Crippen LogP contribution in [0, 0.1) is 0 Å². The van der Waals surface area contributed by atoms with Gasteiger partial charge in [-0.1, -0.05) is 12.1 Å². The Balaban J connectivity index is 2.00. The maximum Gasteiger partial charge on any atom is 0.231 e. The predicted octanol–water partition coefficient (Wildman–Crippen LogP) is 0.463. The van der Waals surface area contributed by atoms with Crippen LogP contribution in [0.5, 0.6) is 0 Å². The monoisotopic (exact) mass is 291 g/mol. The summed E-state index contributed by atoms with van der Waals surface area (Å²) in [6, 6.07) is 0. The lowest BCUT2D eigenvalue weighted by atomic mass is 10.5. The van der Waals surface area contributed by atoms with E-state index < -0.39 is 0 Å². The fourth-order valence-electron chi connectivity index (χ4n) is 1.59. The van der Waals surface area contributed by atoms with Crippen molar-refractivity contribution < 1.29 is 0 Å². The van der Waals surface area contributed by atoms with Crippen LogP contribution in [0.15, 0.2) is 12.4 Å². The van der Waals surface area contributed by atoms with Crippen LogP contribution < -0.4 is 15.5 Å². The zero-order valence-electron chi connectivity index (χ0n) is 12.6. The molecular formula is C12H21N9. The van der Waals surface area contributed by atoms with Crippen LogP contribution in [0.3, 0.4) is 0 Å². The third-order valence-electron chi connectivity index (χ3n) is 2.65. The molecule has 0 aliphatic rings. The zero-order valence-corrected chi connectivity index (χ0v) is 12.6. The molecule has 2 aromatic heterocycles. The minimum atomic E-state index is 0.549. The number of anilines is 3. The first kappa shape index (κ1) is 14.9. The Morgan fingerprint density at radius 1 is 1.10 bits per heavy atom. The Morgan fingerprint density at radius 3 is 2.38 bits per heavy atom. The molecule has 2 heterocycles. The first-order chi connectivity index (χ1) is 10.2. The van der Waals surface area contributed by atoms with Crippen molar-refractivity contribution in [2.24, 2.45) is 0 Å². The Bertz CT molecular complexity index is 538. The Labute approximate surface area is 123 Å². The van der Waals surface area contributed by atoms with Crippen molar-refractivity contribution in [3.05, 3.63) is 12.4 Å². The summed E-state index contributed by atoms with van der Waals surface area (Å²) in [6.07, 6.45) is 4.48. The maximum absolute atomic E-state index is 4.37. The van der Waals surface area contributed by atoms with Crippen molar-refractivity contribution in [1.82, 2.24) is 29.9 Å². The molecule has 0 amide bonds. The highest BCUT2D eigenvalue weighted by Gasteiger charge is 2.07. The van der Waals surface area contributed by atoms with Crippen LogP contribution in [0.25, 0.3) is 0 Å². The molecule has 2 rings (SSSR count). The molecule has 21 heavy (non-hydrogen) atoms. The van der Waals surface area contributed by atoms with E-state index in [2.05, 4.69) is 42.8 Å². The minimum Gasteiger partial charge on any atom is -0.354 e. The minimum absolute atomic E-state index is 0.549. The number of aromatic nitrogens is 6. The SMILES string of the molecule is CCCNc1nc(NCCn2ccnn2)nc(N(C)C)n1. The molecule has 0 aromatic carbocycles. The molecule has 0 spiro atoms. The van der Waals surface area contributed by atoms with Crippen molar-refractivity contribution in [3.63, 3.8) is 0 Å². The highest BCUT2D eigenvalue weighted by molar-refractivity contribution is 5.42. The molecule has 2 aromatic rings. The van der Waals surface area contributed by atoms with Gasteiger partial charge in [0, 0.05) is 33.4 Å². The van der Waals surface area contributed by atoms with E-state index in [1.54, 1.807) is 10.9 Å². The van der Waals surface area contributed by atoms with E-state index in [0.29, 0.717) is 30.9 Å². The van der Waals surface area contributed by atoms with Gasteiger partial charge in [-0.3, -0.25) is 4.68 Å². The highest BCUT2D eigenvalue weighted by Crippen LogP contribution is 2.11. The zero-order chi connectivity index (χ0) is 15.1. The summed E-state index contributed by atoms with van der Waals surface area (Å²) in [5.74, 6) is 1.75. The van der Waals surface area contributed by atoms with Crippen LogP contribution in [-0.2, 0) is 6.54 Å². The van der Waals surface area contributed by atoms with E-state index in [9.17, 15) is 0 Å². The van der Waals surface area contributed by atoms with E-state index in [1.165, 1.54) is 0 Å². The van der Waals surface area contributed by atoms with Crippen LogP contribution in [0.1, 0.15) is 13.3 Å². The van der Waals surface area contributed by atoms with Crippen molar-refractivity contribution in [3.8, 4) is 0 Å². The number of rotatable bonds is 8. The van der Waals surface area contributed by atoms with Crippen LogP contribution in [-0.4, -0.2) is 57.1 Å². The number of nitrogens with zero attached hydrogens (tertiary/aromatic N) is 7. The second-order valence-corrected chi connectivity index (χ2v) is 4.70. The van der Waals surface area contributed by atoms with Gasteiger partial charge < -0.3 is 15.5 Å². The van der Waals surface area contributed by atoms with Crippen LogP contribution in [0.2, 0.25) is 0 Å². The lowest BCUT2D eigenvalue weighted by Gasteiger charge is -2.14. The first-order valence-electron chi connectivity index (χ1n) is 6.94. The second-order valence-electron chi connectivity index (χ2n) is 4.70. The molecule has 2 N–H and O–H groups in total. The Morgan fingerprint density at radius 2 is 1.81 bits per heavy atom. The van der Waals surface area contributed by atoms with Gasteiger partial charge in [-0.05, 0) is 6.42 Å². The Kier molecular flexibility index (Phi) is 5.24. The molecule has 0 saturated heterocycles. The van der Waals surface area contributed by atoms with E-state index in [1.807, 2.05) is 25.2 Å². The summed E-state index contributed by atoms with van der Waals surface area (Å²) in [4.78, 5) is 14.9. The fourth-order valence-corrected chi connectivity index (χ4v) is 1.59. The van der Waals surface area contributed by atoms with E-state index in [-0.39, 0.29) is 0 Å². The third kappa shape index (κ3) is 4.55. The molecular weight excluding hydrogens is 270 g/mol. The van der Waals surface area contributed by atoms with Crippen LogP contribution in [0.4, 0.5) is 17.8 Å². The molecule has 9 nitrogen and oxygen atoms in total. The van der Waals surface area contributed by atoms with Gasteiger partial charge in [-0.15, -0.1) is 5.10 Å². The molecule has 0 fully saturated rings. The highest BCUT2D eigenvalue weighted by atomic mass is 15.4. The molecule has 0 saturated carbocycles. The summed E-state index contributed by atoms with van der Waals surface area (Å²) in [5.41, 5.74) is 0. The van der Waals surface area contributed by atoms with Gasteiger partial charge >= 0.3 is 0 Å². The van der Waals surface area contributed by atoms with Gasteiger partial charge in [0.1, 0.15) is 0 Å². The standard InChI is InChI=1S/C12H21N9/c1-4-5-13-10-16-11(18-12(17-10)20(2)3)14-6-8-21-9-7-15-19-21/h7,9H,4-6,8H2,1-3H3,(H2,13,14,16,17,18). The van der Waals surface area contributed by atoms with Gasteiger partial charge in [-0.2, -0.15) is 15.0 Å². The molecule has 114 valence electrons. The van der Waals surface area contributed by atoms with Crippen LogP contribution >= 0.6 is 0 Å². The fraction of sp³-hybridized carbons (Fsp3) is 0.583. The van der Waals surface area contributed by atoms with E-state index in [4.69, 9.17) is 0 Å². The van der Waals surface area contributed by atoms with Gasteiger partial charge in [-0.25, -0.2) is 0 Å². The average molecular weight is 291 g/mol. The molecule has 0 radical (unpaired) electrons. The van der Waals surface area contributed by atoms with Crippen molar-refractivity contribution in [2.45, 2.75) is 19.9 Å². The van der Waals surface area contributed by atoms with Gasteiger partial charge in [0.25, 0.3) is 0 Å². The smallest absolute Gasteiger partial charge is 0.231 e. The molecule has 0 aliphatic carbocycles. The van der Waals surface area contributed by atoms with Crippen molar-refractivity contribution in [1.29, 1.82) is 0 Å². The van der Waals surface area contributed by atoms with E-state index in [0.717, 1.165) is 13.0 Å². The summed E-state index contributed by atoms with van der Waals surface area (Å²) in [7, 11) is 3.80. The van der Waals surface area contributed by atoms with Crippen molar-refractivity contribution >= 4 is 17.8 Å². The second kappa shape index (κ2) is 7.36. The quantitative estimate of drug-likeness (QED) is 0.724. The number of nitrogens with one attached hydrogen (secondary N) is 2. The lowest BCUT2D eigenvalue weighted by Crippen LogP contribution is -2.19. The summed E-state index contributed by atoms with van der Waals surface area (Å²) in [5, 5.41) is 14.0. The van der Waals surface area contributed by atoms with Gasteiger partial charge in [0.2, 0.25) is 17.8 Å².